The van der Waals surface area contributed by atoms with Crippen LogP contribution in [0, 0.1) is 29.1 Å². The molecule has 3 aliphatic carbocycles. The Balaban J connectivity index is 1.73. The minimum atomic E-state index is -1.14. The Hall–Kier alpha value is -1.45. The molecule has 0 aromatic rings. The largest absolute Gasteiger partial charge is 0.393 e. The van der Waals surface area contributed by atoms with E-state index in [0.29, 0.717) is 23.8 Å². The number of alkyl halides is 1. The molecule has 0 radical (unpaired) electrons. The van der Waals surface area contributed by atoms with Gasteiger partial charge in [-0.3, -0.25) is 0 Å². The molecule has 190 valence electrons. The van der Waals surface area contributed by atoms with Crippen LogP contribution in [0.15, 0.2) is 59.3 Å². The molecule has 0 saturated heterocycles. The van der Waals surface area contributed by atoms with E-state index in [2.05, 4.69) is 66.3 Å². The number of hydrogen-bond donors (Lipinski definition) is 2. The SMILES string of the molecule is C=C1/C(=C\C=C2/CCC[C@]3(C)C([C@@H](C)C/C=C/C(O)(C(C)C)C(C)C)=CCC23)C[C@@H](O)C[C@@H]1F. The van der Waals surface area contributed by atoms with E-state index in [0.717, 1.165) is 31.3 Å². The lowest BCUT2D eigenvalue weighted by Crippen LogP contribution is -2.38. The minimum absolute atomic E-state index is 0.161. The fraction of sp³-hybridized carbons (Fsp3) is 0.677. The second-order valence-electron chi connectivity index (χ2n) is 12.0. The molecule has 5 atom stereocenters. The molecule has 2 N–H and O–H groups in total. The molecule has 2 saturated carbocycles. The molecule has 0 amide bonds. The Bertz CT molecular complexity index is 866. The van der Waals surface area contributed by atoms with Crippen LogP contribution in [0.25, 0.3) is 0 Å². The quantitative estimate of drug-likeness (QED) is 0.375. The third kappa shape index (κ3) is 5.36. The maximum atomic E-state index is 14.2. The molecule has 2 nitrogen and oxygen atoms in total. The topological polar surface area (TPSA) is 40.5 Å². The van der Waals surface area contributed by atoms with Crippen molar-refractivity contribution in [3.05, 3.63) is 59.3 Å². The van der Waals surface area contributed by atoms with E-state index in [9.17, 15) is 14.6 Å². The molecule has 1 unspecified atom stereocenters. The zero-order chi connectivity index (χ0) is 25.3. The van der Waals surface area contributed by atoms with Gasteiger partial charge in [0.2, 0.25) is 0 Å². The van der Waals surface area contributed by atoms with Gasteiger partial charge in [0, 0.05) is 6.42 Å². The third-order valence-corrected chi connectivity index (χ3v) is 9.09. The van der Waals surface area contributed by atoms with Crippen molar-refractivity contribution in [3.63, 3.8) is 0 Å². The first-order valence-corrected chi connectivity index (χ1v) is 13.4. The summed E-state index contributed by atoms with van der Waals surface area (Å²) < 4.78 is 14.2. The van der Waals surface area contributed by atoms with Gasteiger partial charge in [0.05, 0.1) is 11.7 Å². The Kier molecular flexibility index (Phi) is 8.51. The number of hydrogen-bond acceptors (Lipinski definition) is 2. The van der Waals surface area contributed by atoms with Crippen LogP contribution in [-0.4, -0.2) is 28.1 Å². The lowest BCUT2D eigenvalue weighted by molar-refractivity contribution is -0.000609. The standard InChI is InChI=1S/C31H47FO2/c1-20(2)31(34,21(3)4)17-8-10-22(5)27-14-15-28-24(11-9-16-30(27,28)7)12-13-25-18-26(33)19-29(32)23(25)6/h8,12-14,17,20-22,26,28-29,33-34H,6,9-11,15-16,18-19H2,1-5,7H3/b17-8+,24-12+,25-13-/t22-,26+,28?,29-,30+/m0/s1. The molecule has 2 fully saturated rings. The van der Waals surface area contributed by atoms with Crippen LogP contribution in [0.3, 0.4) is 0 Å². The summed E-state index contributed by atoms with van der Waals surface area (Å²) in [5, 5.41) is 21.1. The average Bonchev–Trinajstić information content (AvgIpc) is 3.12. The Morgan fingerprint density at radius 3 is 2.53 bits per heavy atom. The average molecular weight is 471 g/mol. The van der Waals surface area contributed by atoms with Gasteiger partial charge in [-0.2, -0.15) is 0 Å². The Morgan fingerprint density at radius 1 is 1.21 bits per heavy atom. The fourth-order valence-corrected chi connectivity index (χ4v) is 6.69. The van der Waals surface area contributed by atoms with Gasteiger partial charge in [-0.05, 0) is 78.8 Å². The highest BCUT2D eigenvalue weighted by Gasteiger charge is 2.45. The first-order valence-electron chi connectivity index (χ1n) is 13.4. The van der Waals surface area contributed by atoms with Crippen molar-refractivity contribution < 1.29 is 14.6 Å². The first-order chi connectivity index (χ1) is 15.9. The van der Waals surface area contributed by atoms with Crippen molar-refractivity contribution in [1.82, 2.24) is 0 Å². The summed E-state index contributed by atoms with van der Waals surface area (Å²) in [5.74, 6) is 1.29. The van der Waals surface area contributed by atoms with Gasteiger partial charge >= 0.3 is 0 Å². The predicted octanol–water partition coefficient (Wildman–Crippen LogP) is 7.65. The molecule has 3 aliphatic rings. The second kappa shape index (κ2) is 10.7. The zero-order valence-corrected chi connectivity index (χ0v) is 22.3. The van der Waals surface area contributed by atoms with Crippen LogP contribution in [0.1, 0.15) is 86.5 Å². The molecule has 0 spiro atoms. The summed E-state index contributed by atoms with van der Waals surface area (Å²) in [6, 6.07) is 0. The highest BCUT2D eigenvalue weighted by atomic mass is 19.1. The van der Waals surface area contributed by atoms with Gasteiger partial charge in [-0.15, -0.1) is 0 Å². The van der Waals surface area contributed by atoms with Crippen molar-refractivity contribution >= 4 is 0 Å². The van der Waals surface area contributed by atoms with Crippen molar-refractivity contribution in [3.8, 4) is 0 Å². The van der Waals surface area contributed by atoms with Crippen molar-refractivity contribution in [2.75, 3.05) is 0 Å². The lowest BCUT2D eigenvalue weighted by atomic mass is 9.62. The zero-order valence-electron chi connectivity index (χ0n) is 22.3. The van der Waals surface area contributed by atoms with Gasteiger partial charge in [0.15, 0.2) is 0 Å². The summed E-state index contributed by atoms with van der Waals surface area (Å²) in [4.78, 5) is 0. The van der Waals surface area contributed by atoms with Crippen LogP contribution >= 0.6 is 0 Å². The van der Waals surface area contributed by atoms with Crippen LogP contribution in [0.4, 0.5) is 4.39 Å². The number of aliphatic hydroxyl groups is 2. The van der Waals surface area contributed by atoms with E-state index in [4.69, 9.17) is 0 Å². The van der Waals surface area contributed by atoms with Gasteiger partial charge < -0.3 is 10.2 Å². The van der Waals surface area contributed by atoms with Gasteiger partial charge in [0.25, 0.3) is 0 Å². The summed E-state index contributed by atoms with van der Waals surface area (Å²) in [7, 11) is 0. The molecule has 0 bridgehead atoms. The number of allylic oxidation sites excluding steroid dienone is 7. The highest BCUT2D eigenvalue weighted by Crippen LogP contribution is 2.57. The number of fused-ring (bicyclic) bond motifs is 1. The van der Waals surface area contributed by atoms with Crippen molar-refractivity contribution in [2.45, 2.75) is 104 Å². The molecular weight excluding hydrogens is 423 g/mol. The molecular formula is C31H47FO2. The first kappa shape index (κ1) is 27.1. The van der Waals surface area contributed by atoms with E-state index >= 15 is 0 Å². The van der Waals surface area contributed by atoms with Gasteiger partial charge in [-0.25, -0.2) is 4.39 Å². The molecule has 0 aromatic heterocycles. The second-order valence-corrected chi connectivity index (χ2v) is 12.0. The molecule has 3 rings (SSSR count). The monoisotopic (exact) mass is 470 g/mol. The van der Waals surface area contributed by atoms with E-state index in [1.807, 2.05) is 12.2 Å². The number of aliphatic hydroxyl groups excluding tert-OH is 1. The predicted molar refractivity (Wildman–Crippen MR) is 141 cm³/mol. The summed E-state index contributed by atoms with van der Waals surface area (Å²) in [5.41, 5.74) is 3.80. The highest BCUT2D eigenvalue weighted by molar-refractivity contribution is 5.40. The molecule has 0 aliphatic heterocycles. The summed E-state index contributed by atoms with van der Waals surface area (Å²) in [6.07, 6.45) is 15.3. The van der Waals surface area contributed by atoms with Crippen LogP contribution in [0.5, 0.6) is 0 Å². The molecule has 0 aromatic carbocycles. The van der Waals surface area contributed by atoms with E-state index in [-0.39, 0.29) is 23.7 Å². The number of halogens is 1. The maximum absolute atomic E-state index is 14.2. The van der Waals surface area contributed by atoms with E-state index in [1.54, 1.807) is 5.57 Å². The maximum Gasteiger partial charge on any atom is 0.127 e. The Morgan fingerprint density at radius 2 is 1.88 bits per heavy atom. The van der Waals surface area contributed by atoms with E-state index < -0.39 is 17.9 Å². The van der Waals surface area contributed by atoms with Crippen LogP contribution in [-0.2, 0) is 0 Å². The van der Waals surface area contributed by atoms with Gasteiger partial charge in [0.1, 0.15) is 6.17 Å². The minimum Gasteiger partial charge on any atom is -0.393 e. The van der Waals surface area contributed by atoms with Crippen LogP contribution in [0.2, 0.25) is 0 Å². The Labute approximate surface area is 207 Å². The van der Waals surface area contributed by atoms with Crippen molar-refractivity contribution in [1.29, 1.82) is 0 Å². The third-order valence-electron chi connectivity index (χ3n) is 9.09. The number of rotatable bonds is 7. The molecule has 34 heavy (non-hydrogen) atoms. The van der Waals surface area contributed by atoms with E-state index in [1.165, 1.54) is 12.0 Å². The fourth-order valence-electron chi connectivity index (χ4n) is 6.69. The summed E-state index contributed by atoms with van der Waals surface area (Å²) in [6.45, 7) is 17.0. The lowest BCUT2D eigenvalue weighted by Gasteiger charge is -2.42. The smallest absolute Gasteiger partial charge is 0.127 e. The molecule has 0 heterocycles. The van der Waals surface area contributed by atoms with Gasteiger partial charge in [-0.1, -0.05) is 89.6 Å². The molecule has 3 heteroatoms. The van der Waals surface area contributed by atoms with Crippen LogP contribution < -0.4 is 0 Å². The normalized spacial score (nSPS) is 33.9. The summed E-state index contributed by atoms with van der Waals surface area (Å²) >= 11 is 0. The van der Waals surface area contributed by atoms with Crippen molar-refractivity contribution in [2.24, 2.45) is 29.1 Å².